The molecule has 0 fully saturated rings. The zero-order valence-corrected chi connectivity index (χ0v) is 14.0. The summed E-state index contributed by atoms with van der Waals surface area (Å²) >= 11 is 6.07. The third-order valence-electron chi connectivity index (χ3n) is 3.80. The van der Waals surface area contributed by atoms with Crippen molar-refractivity contribution in [3.63, 3.8) is 0 Å². The van der Waals surface area contributed by atoms with Gasteiger partial charge >= 0.3 is 5.97 Å². The number of aliphatic imine (C=N–C) groups is 1. The van der Waals surface area contributed by atoms with Gasteiger partial charge in [-0.2, -0.15) is 0 Å². The van der Waals surface area contributed by atoms with Gasteiger partial charge in [0, 0.05) is 16.1 Å². The Bertz CT molecular complexity index is 882. The molecule has 0 bridgehead atoms. The topological polar surface area (TPSA) is 67.8 Å². The molecule has 0 aromatic heterocycles. The van der Waals surface area contributed by atoms with Gasteiger partial charge in [-0.15, -0.1) is 0 Å². The fourth-order valence-electron chi connectivity index (χ4n) is 2.57. The second-order valence-corrected chi connectivity index (χ2v) is 5.87. The molecular formula is C18H14ClFN2O3. The molecule has 5 nitrogen and oxygen atoms in total. The molecule has 2 aromatic rings. The van der Waals surface area contributed by atoms with Crippen LogP contribution in [0.25, 0.3) is 0 Å². The number of benzene rings is 2. The third-order valence-corrected chi connectivity index (χ3v) is 4.03. The predicted molar refractivity (Wildman–Crippen MR) is 92.5 cm³/mol. The van der Waals surface area contributed by atoms with Crippen LogP contribution in [-0.4, -0.2) is 30.7 Å². The molecule has 0 aliphatic carbocycles. The summed E-state index contributed by atoms with van der Waals surface area (Å²) in [5.74, 6) is -1.54. The lowest BCUT2D eigenvalue weighted by atomic mass is 10.00. The summed E-state index contributed by atoms with van der Waals surface area (Å²) in [5, 5.41) is 3.13. The van der Waals surface area contributed by atoms with Gasteiger partial charge in [0.15, 0.2) is 0 Å². The first-order valence-electron chi connectivity index (χ1n) is 7.50. The maximum absolute atomic E-state index is 14.3. The van der Waals surface area contributed by atoms with Crippen LogP contribution in [-0.2, 0) is 14.3 Å². The third kappa shape index (κ3) is 3.53. The lowest BCUT2D eigenvalue weighted by Gasteiger charge is -2.11. The Morgan fingerprint density at radius 1 is 1.28 bits per heavy atom. The Balaban J connectivity index is 2.19. The molecule has 1 heterocycles. The number of methoxy groups -OCH3 is 1. The van der Waals surface area contributed by atoms with Crippen molar-refractivity contribution < 1.29 is 18.7 Å². The molecule has 7 heteroatoms. The average Bonchev–Trinajstić information content (AvgIpc) is 2.72. The summed E-state index contributed by atoms with van der Waals surface area (Å²) in [4.78, 5) is 28.4. The number of hydrogen-bond acceptors (Lipinski definition) is 4. The number of carbonyl (C=O) groups is 2. The van der Waals surface area contributed by atoms with Crippen molar-refractivity contribution in [1.82, 2.24) is 0 Å². The normalized spacial score (nSPS) is 16.4. The Hall–Kier alpha value is -2.73. The van der Waals surface area contributed by atoms with Gasteiger partial charge in [-0.3, -0.25) is 14.6 Å². The van der Waals surface area contributed by atoms with Crippen LogP contribution >= 0.6 is 11.6 Å². The van der Waals surface area contributed by atoms with Gasteiger partial charge in [0.1, 0.15) is 11.9 Å². The number of benzodiazepines with no additional fused rings is 1. The minimum atomic E-state index is -1.03. The highest BCUT2D eigenvalue weighted by molar-refractivity contribution is 6.32. The van der Waals surface area contributed by atoms with Crippen LogP contribution in [0.1, 0.15) is 17.5 Å². The zero-order valence-electron chi connectivity index (χ0n) is 13.3. The molecule has 0 radical (unpaired) electrons. The number of amides is 1. The van der Waals surface area contributed by atoms with E-state index in [0.717, 1.165) is 0 Å². The highest BCUT2D eigenvalue weighted by atomic mass is 35.5. The number of nitrogens with one attached hydrogen (secondary N) is 1. The lowest BCUT2D eigenvalue weighted by molar-refractivity contribution is -0.142. The van der Waals surface area contributed by atoms with Crippen molar-refractivity contribution in [1.29, 1.82) is 0 Å². The maximum atomic E-state index is 14.3. The smallest absolute Gasteiger partial charge is 0.308 e. The number of halogens is 2. The number of fused-ring (bicyclic) bond motifs is 1. The van der Waals surface area contributed by atoms with E-state index in [0.29, 0.717) is 16.3 Å². The van der Waals surface area contributed by atoms with E-state index in [1.54, 1.807) is 36.4 Å². The Morgan fingerprint density at radius 2 is 2.04 bits per heavy atom. The van der Waals surface area contributed by atoms with Gasteiger partial charge in [0.05, 0.1) is 24.9 Å². The molecule has 1 amide bonds. The highest BCUT2D eigenvalue weighted by Gasteiger charge is 2.29. The van der Waals surface area contributed by atoms with Crippen molar-refractivity contribution in [2.24, 2.45) is 4.99 Å². The molecule has 0 saturated carbocycles. The molecule has 1 N–H and O–H groups in total. The van der Waals surface area contributed by atoms with E-state index in [1.807, 2.05) is 0 Å². The largest absolute Gasteiger partial charge is 0.469 e. The van der Waals surface area contributed by atoms with Crippen molar-refractivity contribution in [3.05, 3.63) is 64.4 Å². The standard InChI is InChI=1S/C18H14ClFN2O3/c1-25-16(23)9-15-18(24)22-14-7-6-10(19)8-12(14)17(21-15)11-4-2-3-5-13(11)20/h2-8,15H,9H2,1H3,(H,22,24)/t15-/m0/s1. The van der Waals surface area contributed by atoms with Crippen LogP contribution in [0.2, 0.25) is 5.02 Å². The van der Waals surface area contributed by atoms with Crippen LogP contribution in [0.4, 0.5) is 10.1 Å². The first-order chi connectivity index (χ1) is 12.0. The Morgan fingerprint density at radius 3 is 2.76 bits per heavy atom. The quantitative estimate of drug-likeness (QED) is 0.855. The monoisotopic (exact) mass is 360 g/mol. The predicted octanol–water partition coefficient (Wildman–Crippen LogP) is 3.20. The van der Waals surface area contributed by atoms with E-state index >= 15 is 0 Å². The molecule has 0 spiro atoms. The second-order valence-electron chi connectivity index (χ2n) is 5.43. The van der Waals surface area contributed by atoms with E-state index in [4.69, 9.17) is 11.6 Å². The minimum Gasteiger partial charge on any atom is -0.469 e. The summed E-state index contributed by atoms with van der Waals surface area (Å²) in [6.45, 7) is 0. The van der Waals surface area contributed by atoms with Crippen molar-refractivity contribution >= 4 is 34.9 Å². The van der Waals surface area contributed by atoms with Gasteiger partial charge in [-0.05, 0) is 30.3 Å². The van der Waals surface area contributed by atoms with Gasteiger partial charge in [-0.25, -0.2) is 4.39 Å². The summed E-state index contributed by atoms with van der Waals surface area (Å²) in [5.41, 5.74) is 1.40. The van der Waals surface area contributed by atoms with E-state index in [9.17, 15) is 14.0 Å². The number of nitrogens with zero attached hydrogens (tertiary/aromatic N) is 1. The van der Waals surface area contributed by atoms with Crippen LogP contribution in [0.5, 0.6) is 0 Å². The number of carbonyl (C=O) groups excluding carboxylic acids is 2. The molecule has 3 rings (SSSR count). The summed E-state index contributed by atoms with van der Waals surface area (Å²) in [6.07, 6.45) is -0.248. The van der Waals surface area contributed by atoms with Gasteiger partial charge < -0.3 is 10.1 Å². The van der Waals surface area contributed by atoms with E-state index in [-0.39, 0.29) is 17.7 Å². The number of rotatable bonds is 3. The molecule has 1 aliphatic heterocycles. The molecule has 0 saturated heterocycles. The minimum absolute atomic E-state index is 0.220. The van der Waals surface area contributed by atoms with E-state index < -0.39 is 23.7 Å². The Kier molecular flexibility index (Phi) is 4.81. The maximum Gasteiger partial charge on any atom is 0.308 e. The molecule has 1 aliphatic rings. The SMILES string of the molecule is COC(=O)C[C@@H]1N=C(c2ccccc2F)c2cc(Cl)ccc2NC1=O. The first kappa shape index (κ1) is 17.1. The molecule has 25 heavy (non-hydrogen) atoms. The highest BCUT2D eigenvalue weighted by Crippen LogP contribution is 2.28. The fourth-order valence-corrected chi connectivity index (χ4v) is 2.74. The van der Waals surface area contributed by atoms with Gasteiger partial charge in [0.2, 0.25) is 5.91 Å². The molecule has 1 atom stereocenters. The number of hydrogen-bond donors (Lipinski definition) is 1. The number of ether oxygens (including phenoxy) is 1. The van der Waals surface area contributed by atoms with Crippen molar-refractivity contribution in [2.75, 3.05) is 12.4 Å². The summed E-state index contributed by atoms with van der Waals surface area (Å²) in [6, 6.07) is 9.88. The average molecular weight is 361 g/mol. The summed E-state index contributed by atoms with van der Waals surface area (Å²) in [7, 11) is 1.23. The first-order valence-corrected chi connectivity index (χ1v) is 7.87. The fraction of sp³-hybridized carbons (Fsp3) is 0.167. The van der Waals surface area contributed by atoms with E-state index in [2.05, 4.69) is 15.0 Å². The van der Waals surface area contributed by atoms with Crippen molar-refractivity contribution in [2.45, 2.75) is 12.5 Å². The van der Waals surface area contributed by atoms with Crippen molar-refractivity contribution in [3.8, 4) is 0 Å². The summed E-state index contributed by atoms with van der Waals surface area (Å²) < 4.78 is 19.0. The van der Waals surface area contributed by atoms with E-state index in [1.165, 1.54) is 13.2 Å². The van der Waals surface area contributed by atoms with Crippen LogP contribution in [0.3, 0.4) is 0 Å². The zero-order chi connectivity index (χ0) is 18.0. The Labute approximate surface area is 148 Å². The molecule has 2 aromatic carbocycles. The van der Waals surface area contributed by atoms with Crippen LogP contribution in [0, 0.1) is 5.82 Å². The number of esters is 1. The number of anilines is 1. The lowest BCUT2D eigenvalue weighted by Crippen LogP contribution is -2.28. The second kappa shape index (κ2) is 7.03. The van der Waals surface area contributed by atoms with Crippen LogP contribution < -0.4 is 5.32 Å². The molecule has 128 valence electrons. The van der Waals surface area contributed by atoms with Gasteiger partial charge in [0.25, 0.3) is 0 Å². The van der Waals surface area contributed by atoms with Crippen LogP contribution in [0.15, 0.2) is 47.5 Å². The molecule has 0 unspecified atom stereocenters. The van der Waals surface area contributed by atoms with Gasteiger partial charge in [-0.1, -0.05) is 23.7 Å². The molecular weight excluding hydrogens is 347 g/mol.